The van der Waals surface area contributed by atoms with Gasteiger partial charge in [0.05, 0.1) is 26.4 Å². The van der Waals surface area contributed by atoms with E-state index in [-0.39, 0.29) is 0 Å². The molecular weight excluding hydrogens is 246 g/mol. The van der Waals surface area contributed by atoms with Crippen molar-refractivity contribution < 1.29 is 14.2 Å². The molecule has 0 aromatic heterocycles. The molecule has 0 bridgehead atoms. The molecule has 1 rings (SSSR count). The molecular formula is C13H27N3O3. The Morgan fingerprint density at radius 2 is 2.05 bits per heavy atom. The molecule has 19 heavy (non-hydrogen) atoms. The van der Waals surface area contributed by atoms with Gasteiger partial charge in [-0.15, -0.1) is 0 Å². The van der Waals surface area contributed by atoms with Gasteiger partial charge in [0.25, 0.3) is 0 Å². The predicted octanol–water partition coefficient (Wildman–Crippen LogP) is 0.193. The van der Waals surface area contributed by atoms with E-state index in [1.165, 1.54) is 0 Å². The van der Waals surface area contributed by atoms with Crippen molar-refractivity contribution in [3.05, 3.63) is 0 Å². The molecule has 1 saturated heterocycles. The summed E-state index contributed by atoms with van der Waals surface area (Å²) >= 11 is 0. The Bertz CT molecular complexity index is 262. The molecule has 0 spiro atoms. The zero-order chi connectivity index (χ0) is 13.9. The number of aliphatic imine (C=N–C) groups is 1. The van der Waals surface area contributed by atoms with Gasteiger partial charge in [0, 0.05) is 46.8 Å². The molecule has 1 atom stereocenters. The first kappa shape index (κ1) is 16.2. The van der Waals surface area contributed by atoms with E-state index in [4.69, 9.17) is 14.2 Å². The molecule has 112 valence electrons. The monoisotopic (exact) mass is 273 g/mol. The molecule has 0 amide bonds. The Balaban J connectivity index is 2.21. The fraction of sp³-hybridized carbons (Fsp3) is 0.923. The summed E-state index contributed by atoms with van der Waals surface area (Å²) in [6, 6.07) is 0. The molecule has 1 unspecified atom stereocenters. The number of methoxy groups -OCH3 is 2. The van der Waals surface area contributed by atoms with Crippen molar-refractivity contribution in [2.45, 2.75) is 6.42 Å². The van der Waals surface area contributed by atoms with E-state index >= 15 is 0 Å². The second kappa shape index (κ2) is 10.00. The quantitative estimate of drug-likeness (QED) is 0.389. The van der Waals surface area contributed by atoms with E-state index in [1.807, 2.05) is 7.05 Å². The van der Waals surface area contributed by atoms with Crippen molar-refractivity contribution in [1.82, 2.24) is 10.2 Å². The van der Waals surface area contributed by atoms with Crippen LogP contribution in [0.4, 0.5) is 0 Å². The average molecular weight is 273 g/mol. The number of guanidine groups is 1. The maximum Gasteiger partial charge on any atom is 0.193 e. The minimum atomic E-state index is 0.581. The van der Waals surface area contributed by atoms with Crippen LogP contribution in [-0.2, 0) is 14.2 Å². The number of ether oxygens (including phenoxy) is 3. The number of rotatable bonds is 8. The molecule has 1 heterocycles. The van der Waals surface area contributed by atoms with Crippen LogP contribution in [0.3, 0.4) is 0 Å². The van der Waals surface area contributed by atoms with Gasteiger partial charge in [0.1, 0.15) is 0 Å². The van der Waals surface area contributed by atoms with Gasteiger partial charge in [0.2, 0.25) is 0 Å². The Labute approximate surface area is 116 Å². The molecule has 0 aliphatic carbocycles. The molecule has 0 aromatic carbocycles. The van der Waals surface area contributed by atoms with E-state index in [2.05, 4.69) is 15.2 Å². The Morgan fingerprint density at radius 1 is 1.26 bits per heavy atom. The van der Waals surface area contributed by atoms with Crippen LogP contribution in [0.2, 0.25) is 0 Å². The third-order valence-corrected chi connectivity index (χ3v) is 3.17. The van der Waals surface area contributed by atoms with E-state index in [0.29, 0.717) is 25.7 Å². The first-order valence-electron chi connectivity index (χ1n) is 6.83. The van der Waals surface area contributed by atoms with Gasteiger partial charge in [0.15, 0.2) is 5.96 Å². The predicted molar refractivity (Wildman–Crippen MR) is 75.6 cm³/mol. The molecule has 6 nitrogen and oxygen atoms in total. The van der Waals surface area contributed by atoms with Crippen LogP contribution in [0.5, 0.6) is 0 Å². The lowest BCUT2D eigenvalue weighted by Crippen LogP contribution is -2.41. The number of likely N-dealkylation sites (tertiary alicyclic amines) is 1. The first-order valence-corrected chi connectivity index (χ1v) is 6.83. The third kappa shape index (κ3) is 6.22. The van der Waals surface area contributed by atoms with Crippen LogP contribution >= 0.6 is 0 Å². The van der Waals surface area contributed by atoms with Crippen molar-refractivity contribution in [2.24, 2.45) is 10.9 Å². The molecule has 1 N–H and O–H groups in total. The summed E-state index contributed by atoms with van der Waals surface area (Å²) in [5, 5.41) is 3.30. The van der Waals surface area contributed by atoms with E-state index < -0.39 is 0 Å². The number of hydrogen-bond donors (Lipinski definition) is 1. The topological polar surface area (TPSA) is 55.3 Å². The lowest BCUT2D eigenvalue weighted by Gasteiger charge is -2.21. The molecule has 6 heteroatoms. The standard InChI is InChI=1S/C13H27N3O3/c1-14-13(15-5-7-17-2)16-6-4-12(10-16)11-19-9-8-18-3/h12H,4-11H2,1-3H3,(H,14,15). The minimum Gasteiger partial charge on any atom is -0.383 e. The van der Waals surface area contributed by atoms with Crippen LogP contribution in [0, 0.1) is 5.92 Å². The molecule has 0 saturated carbocycles. The van der Waals surface area contributed by atoms with Crippen molar-refractivity contribution in [2.75, 3.05) is 67.3 Å². The van der Waals surface area contributed by atoms with Gasteiger partial charge in [-0.1, -0.05) is 0 Å². The summed E-state index contributed by atoms with van der Waals surface area (Å²) in [7, 11) is 5.21. The van der Waals surface area contributed by atoms with Gasteiger partial charge in [-0.2, -0.15) is 0 Å². The Morgan fingerprint density at radius 3 is 2.74 bits per heavy atom. The number of nitrogens with zero attached hydrogens (tertiary/aromatic N) is 2. The zero-order valence-electron chi connectivity index (χ0n) is 12.4. The SMILES string of the molecule is CN=C(NCCOC)N1CCC(COCCOC)C1. The Hall–Kier alpha value is -0.850. The molecule has 0 radical (unpaired) electrons. The molecule has 1 aliphatic rings. The third-order valence-electron chi connectivity index (χ3n) is 3.17. The number of nitrogens with one attached hydrogen (secondary N) is 1. The lowest BCUT2D eigenvalue weighted by molar-refractivity contribution is 0.0536. The second-order valence-corrected chi connectivity index (χ2v) is 4.64. The highest BCUT2D eigenvalue weighted by molar-refractivity contribution is 5.80. The average Bonchev–Trinajstić information content (AvgIpc) is 2.88. The van der Waals surface area contributed by atoms with E-state index in [1.54, 1.807) is 14.2 Å². The van der Waals surface area contributed by atoms with Crippen LogP contribution in [-0.4, -0.2) is 78.2 Å². The first-order chi connectivity index (χ1) is 9.31. The van der Waals surface area contributed by atoms with Crippen LogP contribution in [0.15, 0.2) is 4.99 Å². The van der Waals surface area contributed by atoms with E-state index in [0.717, 1.165) is 38.6 Å². The van der Waals surface area contributed by atoms with Crippen molar-refractivity contribution >= 4 is 5.96 Å². The highest BCUT2D eigenvalue weighted by Crippen LogP contribution is 2.16. The van der Waals surface area contributed by atoms with Gasteiger partial charge in [-0.05, 0) is 6.42 Å². The molecule has 1 fully saturated rings. The summed E-state index contributed by atoms with van der Waals surface area (Å²) in [5.74, 6) is 1.54. The largest absolute Gasteiger partial charge is 0.383 e. The highest BCUT2D eigenvalue weighted by atomic mass is 16.5. The summed E-state index contributed by atoms with van der Waals surface area (Å²) < 4.78 is 15.6. The van der Waals surface area contributed by atoms with Crippen molar-refractivity contribution in [1.29, 1.82) is 0 Å². The van der Waals surface area contributed by atoms with Crippen molar-refractivity contribution in [3.8, 4) is 0 Å². The molecule has 1 aliphatic heterocycles. The summed E-state index contributed by atoms with van der Waals surface area (Å²) in [5.41, 5.74) is 0. The van der Waals surface area contributed by atoms with Gasteiger partial charge < -0.3 is 24.4 Å². The van der Waals surface area contributed by atoms with Gasteiger partial charge in [-0.25, -0.2) is 0 Å². The highest BCUT2D eigenvalue weighted by Gasteiger charge is 2.24. The summed E-state index contributed by atoms with van der Waals surface area (Å²) in [6.45, 7) is 5.65. The smallest absolute Gasteiger partial charge is 0.193 e. The summed E-state index contributed by atoms with van der Waals surface area (Å²) in [6.07, 6.45) is 1.15. The van der Waals surface area contributed by atoms with Crippen LogP contribution < -0.4 is 5.32 Å². The van der Waals surface area contributed by atoms with Crippen LogP contribution in [0.1, 0.15) is 6.42 Å². The Kier molecular flexibility index (Phi) is 8.53. The van der Waals surface area contributed by atoms with Crippen molar-refractivity contribution in [3.63, 3.8) is 0 Å². The fourth-order valence-electron chi connectivity index (χ4n) is 2.15. The van der Waals surface area contributed by atoms with Crippen LogP contribution in [0.25, 0.3) is 0 Å². The minimum absolute atomic E-state index is 0.581. The summed E-state index contributed by atoms with van der Waals surface area (Å²) in [4.78, 5) is 6.58. The number of hydrogen-bond acceptors (Lipinski definition) is 4. The van der Waals surface area contributed by atoms with Gasteiger partial charge >= 0.3 is 0 Å². The molecule has 0 aromatic rings. The van der Waals surface area contributed by atoms with E-state index in [9.17, 15) is 0 Å². The maximum atomic E-state index is 5.59. The zero-order valence-corrected chi connectivity index (χ0v) is 12.4. The fourth-order valence-corrected chi connectivity index (χ4v) is 2.15. The maximum absolute atomic E-state index is 5.59. The van der Waals surface area contributed by atoms with Gasteiger partial charge in [-0.3, -0.25) is 4.99 Å². The second-order valence-electron chi connectivity index (χ2n) is 4.64. The lowest BCUT2D eigenvalue weighted by atomic mass is 10.1. The normalized spacial score (nSPS) is 20.1.